The minimum absolute atomic E-state index is 0.288. The van der Waals surface area contributed by atoms with Crippen molar-refractivity contribution >= 4 is 0 Å². The van der Waals surface area contributed by atoms with Gasteiger partial charge in [-0.2, -0.15) is 4.98 Å². The monoisotopic (exact) mass is 352 g/mol. The van der Waals surface area contributed by atoms with Crippen molar-refractivity contribution in [2.45, 2.75) is 51.1 Å². The van der Waals surface area contributed by atoms with Crippen LogP contribution in [0.1, 0.15) is 48.9 Å². The van der Waals surface area contributed by atoms with E-state index in [4.69, 9.17) is 4.52 Å². The second-order valence-corrected chi connectivity index (χ2v) is 8.59. The van der Waals surface area contributed by atoms with E-state index in [0.29, 0.717) is 5.92 Å². The lowest BCUT2D eigenvalue weighted by molar-refractivity contribution is -0.0371. The molecule has 1 saturated carbocycles. The zero-order valence-electron chi connectivity index (χ0n) is 15.6. The van der Waals surface area contributed by atoms with Gasteiger partial charge in [0.2, 0.25) is 5.89 Å². The Labute approximate surface area is 155 Å². The lowest BCUT2D eigenvalue weighted by atomic mass is 9.70. The van der Waals surface area contributed by atoms with Gasteiger partial charge in [0.1, 0.15) is 0 Å². The van der Waals surface area contributed by atoms with E-state index >= 15 is 0 Å². The number of hydrogen-bond acceptors (Lipinski definition) is 5. The molecule has 26 heavy (non-hydrogen) atoms. The zero-order valence-corrected chi connectivity index (χ0v) is 15.6. The average Bonchev–Trinajstić information content (AvgIpc) is 3.33. The number of aryl methyl sites for hydroxylation is 1. The lowest BCUT2D eigenvalue weighted by Crippen LogP contribution is -2.62. The zero-order chi connectivity index (χ0) is 17.6. The number of nitrogens with zero attached hydrogens (tertiary/aromatic N) is 4. The molecule has 0 N–H and O–H groups in total. The highest BCUT2D eigenvalue weighted by Crippen LogP contribution is 2.50. The maximum atomic E-state index is 5.63. The van der Waals surface area contributed by atoms with Crippen LogP contribution in [0, 0.1) is 12.3 Å². The van der Waals surface area contributed by atoms with E-state index in [2.05, 4.69) is 50.3 Å². The van der Waals surface area contributed by atoms with E-state index in [1.807, 2.05) is 6.92 Å². The van der Waals surface area contributed by atoms with Crippen LogP contribution in [0.5, 0.6) is 0 Å². The van der Waals surface area contributed by atoms with Crippen LogP contribution < -0.4 is 0 Å². The quantitative estimate of drug-likeness (QED) is 0.845. The minimum atomic E-state index is 0.288. The molecule has 1 aliphatic carbocycles. The van der Waals surface area contributed by atoms with Crippen molar-refractivity contribution in [1.82, 2.24) is 19.9 Å². The molecule has 3 aliphatic rings. The summed E-state index contributed by atoms with van der Waals surface area (Å²) >= 11 is 0. The minimum Gasteiger partial charge on any atom is -0.339 e. The van der Waals surface area contributed by atoms with Crippen molar-refractivity contribution in [3.63, 3.8) is 0 Å². The van der Waals surface area contributed by atoms with Gasteiger partial charge in [-0.15, -0.1) is 0 Å². The lowest BCUT2D eigenvalue weighted by Gasteiger charge is -2.53. The Morgan fingerprint density at radius 3 is 2.58 bits per heavy atom. The third-order valence-electron chi connectivity index (χ3n) is 6.69. The topological polar surface area (TPSA) is 45.4 Å². The second-order valence-electron chi connectivity index (χ2n) is 8.59. The Hall–Kier alpha value is -1.72. The first kappa shape index (κ1) is 16.5. The fraction of sp³-hybridized carbons (Fsp3) is 0.619. The first-order valence-corrected chi connectivity index (χ1v) is 10.0. The molecule has 0 amide bonds. The average molecular weight is 352 g/mol. The number of benzene rings is 1. The van der Waals surface area contributed by atoms with Gasteiger partial charge >= 0.3 is 0 Å². The van der Waals surface area contributed by atoms with Crippen LogP contribution in [0.2, 0.25) is 0 Å². The highest BCUT2D eigenvalue weighted by molar-refractivity contribution is 5.19. The molecule has 1 spiro atoms. The van der Waals surface area contributed by atoms with Gasteiger partial charge in [0.15, 0.2) is 5.82 Å². The third kappa shape index (κ3) is 2.87. The fourth-order valence-electron chi connectivity index (χ4n) is 5.44. The predicted molar refractivity (Wildman–Crippen MR) is 99.8 cm³/mol. The summed E-state index contributed by atoms with van der Waals surface area (Å²) in [7, 11) is 0. The molecular formula is C21H28N4O. The molecule has 3 fully saturated rings. The smallest absolute Gasteiger partial charge is 0.231 e. The number of hydrogen-bond donors (Lipinski definition) is 0. The molecule has 1 aromatic heterocycles. The van der Waals surface area contributed by atoms with E-state index in [1.54, 1.807) is 0 Å². The van der Waals surface area contributed by atoms with Crippen LogP contribution in [-0.4, -0.2) is 52.2 Å². The molecule has 5 heteroatoms. The van der Waals surface area contributed by atoms with Gasteiger partial charge in [0.05, 0.1) is 5.92 Å². The molecule has 5 rings (SSSR count). The molecule has 2 saturated heterocycles. The van der Waals surface area contributed by atoms with E-state index < -0.39 is 0 Å². The van der Waals surface area contributed by atoms with Crippen LogP contribution in [0.25, 0.3) is 0 Å². The van der Waals surface area contributed by atoms with E-state index in [0.717, 1.165) is 37.4 Å². The highest BCUT2D eigenvalue weighted by atomic mass is 16.5. The Bertz CT molecular complexity index is 746. The molecule has 0 bridgehead atoms. The Morgan fingerprint density at radius 2 is 1.88 bits per heavy atom. The molecule has 1 atom stereocenters. The molecule has 0 radical (unpaired) electrons. The van der Waals surface area contributed by atoms with Crippen LogP contribution in [0.15, 0.2) is 34.9 Å². The van der Waals surface area contributed by atoms with Gasteiger partial charge in [-0.1, -0.05) is 48.3 Å². The summed E-state index contributed by atoms with van der Waals surface area (Å²) in [6.07, 6.45) is 5.57. The van der Waals surface area contributed by atoms with E-state index in [9.17, 15) is 0 Å². The number of likely N-dealkylation sites (tertiary alicyclic amines) is 2. The van der Waals surface area contributed by atoms with Gasteiger partial charge < -0.3 is 4.52 Å². The Kier molecular flexibility index (Phi) is 4.09. The molecule has 2 aliphatic heterocycles. The summed E-state index contributed by atoms with van der Waals surface area (Å²) in [5.74, 6) is 1.97. The third-order valence-corrected chi connectivity index (χ3v) is 6.69. The SMILES string of the molecule is Cc1noc(C2CN(Cc3ccccc3)CC23CN(C2CCCC2)C3)n1. The van der Waals surface area contributed by atoms with Gasteiger partial charge in [0.25, 0.3) is 0 Å². The summed E-state index contributed by atoms with van der Waals surface area (Å²) in [6.45, 7) is 7.47. The van der Waals surface area contributed by atoms with Gasteiger partial charge in [-0.05, 0) is 25.3 Å². The molecule has 2 aromatic rings. The highest BCUT2D eigenvalue weighted by Gasteiger charge is 2.57. The Morgan fingerprint density at radius 1 is 1.12 bits per heavy atom. The molecule has 1 unspecified atom stereocenters. The standard InChI is InChI=1S/C21H28N4O/c1-16-22-20(26-23-16)19-12-24(11-17-7-3-2-4-8-17)13-21(19)14-25(15-21)18-9-5-6-10-18/h2-4,7-8,18-19H,5-6,9-15H2,1H3. The fourth-order valence-corrected chi connectivity index (χ4v) is 5.44. The summed E-state index contributed by atoms with van der Waals surface area (Å²) in [5, 5.41) is 4.07. The first-order valence-electron chi connectivity index (χ1n) is 10.0. The van der Waals surface area contributed by atoms with Crippen LogP contribution in [-0.2, 0) is 6.54 Å². The summed E-state index contributed by atoms with van der Waals surface area (Å²) in [4.78, 5) is 9.92. The van der Waals surface area contributed by atoms with E-state index in [-0.39, 0.29) is 5.41 Å². The van der Waals surface area contributed by atoms with Crippen LogP contribution in [0.3, 0.4) is 0 Å². The van der Waals surface area contributed by atoms with Crippen molar-refractivity contribution in [2.24, 2.45) is 5.41 Å². The van der Waals surface area contributed by atoms with Crippen molar-refractivity contribution in [1.29, 1.82) is 0 Å². The summed E-state index contributed by atoms with van der Waals surface area (Å²) < 4.78 is 5.63. The number of rotatable bonds is 4. The molecule has 5 nitrogen and oxygen atoms in total. The normalized spacial score (nSPS) is 26.6. The first-order chi connectivity index (χ1) is 12.7. The largest absolute Gasteiger partial charge is 0.339 e. The summed E-state index contributed by atoms with van der Waals surface area (Å²) in [5.41, 5.74) is 1.67. The molecule has 1 aromatic carbocycles. The van der Waals surface area contributed by atoms with Crippen LogP contribution >= 0.6 is 0 Å². The van der Waals surface area contributed by atoms with Crippen LogP contribution in [0.4, 0.5) is 0 Å². The summed E-state index contributed by atoms with van der Waals surface area (Å²) in [6, 6.07) is 11.6. The number of aromatic nitrogens is 2. The maximum Gasteiger partial charge on any atom is 0.231 e. The van der Waals surface area contributed by atoms with E-state index in [1.165, 1.54) is 44.3 Å². The molecule has 138 valence electrons. The predicted octanol–water partition coefficient (Wildman–Crippen LogP) is 3.22. The molecule has 3 heterocycles. The molecular weight excluding hydrogens is 324 g/mol. The van der Waals surface area contributed by atoms with Crippen molar-refractivity contribution in [2.75, 3.05) is 26.2 Å². The maximum absolute atomic E-state index is 5.63. The van der Waals surface area contributed by atoms with Crippen molar-refractivity contribution in [3.8, 4) is 0 Å². The van der Waals surface area contributed by atoms with Gasteiger partial charge in [-0.3, -0.25) is 9.80 Å². The van der Waals surface area contributed by atoms with Gasteiger partial charge in [-0.25, -0.2) is 0 Å². The van der Waals surface area contributed by atoms with Gasteiger partial charge in [0, 0.05) is 44.2 Å². The van der Waals surface area contributed by atoms with Crippen molar-refractivity contribution in [3.05, 3.63) is 47.6 Å². The van der Waals surface area contributed by atoms with Crippen molar-refractivity contribution < 1.29 is 4.52 Å². The Balaban J connectivity index is 1.35. The second kappa shape index (κ2) is 6.46.